The van der Waals surface area contributed by atoms with E-state index in [4.69, 9.17) is 0 Å². The third-order valence-electron chi connectivity index (χ3n) is 8.00. The number of benzene rings is 6. The van der Waals surface area contributed by atoms with Crippen LogP contribution >= 0.6 is 31.9 Å². The van der Waals surface area contributed by atoms with Gasteiger partial charge in [0.25, 0.3) is 0 Å². The molecule has 6 aromatic carbocycles. The maximum absolute atomic E-state index is 11.2. The molecule has 206 valence electrons. The van der Waals surface area contributed by atoms with Gasteiger partial charge in [-0.3, -0.25) is 0 Å². The summed E-state index contributed by atoms with van der Waals surface area (Å²) in [5, 5.41) is 22.4. The molecule has 0 aliphatic carbocycles. The molecule has 0 saturated carbocycles. The highest BCUT2D eigenvalue weighted by atomic mass is 79.9. The molecule has 2 nitrogen and oxygen atoms in total. The lowest BCUT2D eigenvalue weighted by Crippen LogP contribution is -2.26. The molecule has 4 heteroatoms. The Morgan fingerprint density at radius 2 is 0.810 bits per heavy atom. The van der Waals surface area contributed by atoms with Crippen LogP contribution < -0.4 is 0 Å². The molecule has 0 fully saturated rings. The topological polar surface area (TPSA) is 40.5 Å². The summed E-state index contributed by atoms with van der Waals surface area (Å²) in [4.78, 5) is 0. The van der Waals surface area contributed by atoms with E-state index in [1.54, 1.807) is 0 Å². The zero-order chi connectivity index (χ0) is 29.3. The fraction of sp³-hybridized carbons (Fsp3) is 0.0526. The smallest absolute Gasteiger partial charge is 0.137 e. The van der Waals surface area contributed by atoms with Crippen molar-refractivity contribution in [2.75, 3.05) is 0 Å². The molecule has 42 heavy (non-hydrogen) atoms. The predicted molar refractivity (Wildman–Crippen MR) is 180 cm³/mol. The van der Waals surface area contributed by atoms with Crippen LogP contribution in [0, 0.1) is 0 Å². The number of rotatable bonds is 6. The Labute approximate surface area is 263 Å². The Kier molecular flexibility index (Phi) is 7.76. The van der Waals surface area contributed by atoms with Crippen LogP contribution in [0.1, 0.15) is 23.6 Å². The molecular formula is C38H28Br2O2. The molecule has 0 aromatic heterocycles. The molecule has 0 aliphatic heterocycles. The molecule has 0 spiro atoms. The van der Waals surface area contributed by atoms with Crippen LogP contribution in [0.5, 0.6) is 11.5 Å². The molecule has 0 heterocycles. The van der Waals surface area contributed by atoms with E-state index in [0.29, 0.717) is 8.95 Å². The number of halogens is 2. The van der Waals surface area contributed by atoms with Gasteiger partial charge in [-0.2, -0.15) is 0 Å². The number of phenols is 2. The van der Waals surface area contributed by atoms with Crippen LogP contribution in [0.15, 0.2) is 148 Å². The second-order valence-electron chi connectivity index (χ2n) is 10.5. The molecule has 6 rings (SSSR count). The standard InChI is InChI=1S/C38H28Br2O2/c1-38(33-20-12-11-19-30(33)25-13-5-2-6-14-25,28-21-31(36(41)34(39)23-28)26-15-7-3-8-16-26)29-22-32(37(42)35(40)24-29)27-17-9-4-10-18-27/h2-24,41-42H,1H3. The second kappa shape index (κ2) is 11.6. The summed E-state index contributed by atoms with van der Waals surface area (Å²) in [6.45, 7) is 2.22. The summed E-state index contributed by atoms with van der Waals surface area (Å²) in [5.41, 5.74) is 7.93. The largest absolute Gasteiger partial charge is 0.506 e. The minimum absolute atomic E-state index is 0.195. The summed E-state index contributed by atoms with van der Waals surface area (Å²) >= 11 is 7.35. The van der Waals surface area contributed by atoms with E-state index in [1.807, 2.05) is 78.9 Å². The van der Waals surface area contributed by atoms with Crippen molar-refractivity contribution in [2.24, 2.45) is 0 Å². The summed E-state index contributed by atoms with van der Waals surface area (Å²) < 4.78 is 1.23. The number of hydrogen-bond acceptors (Lipinski definition) is 2. The first-order chi connectivity index (χ1) is 20.4. The Hall–Kier alpha value is -4.12. The molecule has 0 saturated heterocycles. The summed E-state index contributed by atoms with van der Waals surface area (Å²) in [6.07, 6.45) is 0. The first-order valence-corrected chi connectivity index (χ1v) is 15.3. The zero-order valence-electron chi connectivity index (χ0n) is 22.9. The van der Waals surface area contributed by atoms with Crippen molar-refractivity contribution in [3.05, 3.63) is 165 Å². The number of phenolic OH excluding ortho intramolecular Hbond substituents is 2. The zero-order valence-corrected chi connectivity index (χ0v) is 26.1. The minimum Gasteiger partial charge on any atom is -0.506 e. The molecule has 0 bridgehead atoms. The third kappa shape index (κ3) is 5.06. The summed E-state index contributed by atoms with van der Waals surface area (Å²) in [5.74, 6) is 0.390. The molecule has 0 aliphatic rings. The van der Waals surface area contributed by atoms with E-state index >= 15 is 0 Å². The van der Waals surface area contributed by atoms with Gasteiger partial charge in [0.1, 0.15) is 11.5 Å². The van der Waals surface area contributed by atoms with Gasteiger partial charge < -0.3 is 10.2 Å². The third-order valence-corrected chi connectivity index (χ3v) is 9.21. The molecule has 0 atom stereocenters. The lowest BCUT2D eigenvalue weighted by Gasteiger charge is -2.35. The fourth-order valence-electron chi connectivity index (χ4n) is 5.72. The van der Waals surface area contributed by atoms with Gasteiger partial charge in [-0.1, -0.05) is 115 Å². The Morgan fingerprint density at radius 1 is 0.452 bits per heavy atom. The quantitative estimate of drug-likeness (QED) is 0.172. The van der Waals surface area contributed by atoms with Crippen LogP contribution in [0.4, 0.5) is 0 Å². The van der Waals surface area contributed by atoms with Gasteiger partial charge in [0.2, 0.25) is 0 Å². The second-order valence-corrected chi connectivity index (χ2v) is 12.2. The van der Waals surface area contributed by atoms with Crippen molar-refractivity contribution in [2.45, 2.75) is 12.3 Å². The molecule has 0 unspecified atom stereocenters. The highest BCUT2D eigenvalue weighted by molar-refractivity contribution is 9.11. The number of hydrogen-bond donors (Lipinski definition) is 2. The van der Waals surface area contributed by atoms with Gasteiger partial charge in [0.15, 0.2) is 0 Å². The first kappa shape index (κ1) is 28.0. The lowest BCUT2D eigenvalue weighted by atomic mass is 9.68. The van der Waals surface area contributed by atoms with E-state index in [9.17, 15) is 10.2 Å². The Morgan fingerprint density at radius 3 is 1.24 bits per heavy atom. The Balaban J connectivity index is 1.70. The SMILES string of the molecule is CC(c1cc(Br)c(O)c(-c2ccccc2)c1)(c1cc(Br)c(O)c(-c2ccccc2)c1)c1ccccc1-c1ccccc1. The minimum atomic E-state index is -0.702. The van der Waals surface area contributed by atoms with Gasteiger partial charge in [-0.25, -0.2) is 0 Å². The van der Waals surface area contributed by atoms with E-state index < -0.39 is 5.41 Å². The van der Waals surface area contributed by atoms with Crippen LogP contribution in [0.2, 0.25) is 0 Å². The highest BCUT2D eigenvalue weighted by Gasteiger charge is 2.36. The van der Waals surface area contributed by atoms with E-state index in [0.717, 1.165) is 50.1 Å². The van der Waals surface area contributed by atoms with Crippen LogP contribution in [0.3, 0.4) is 0 Å². The van der Waals surface area contributed by atoms with Gasteiger partial charge >= 0.3 is 0 Å². The van der Waals surface area contributed by atoms with Crippen molar-refractivity contribution in [3.63, 3.8) is 0 Å². The highest BCUT2D eigenvalue weighted by Crippen LogP contribution is 2.50. The van der Waals surface area contributed by atoms with Crippen molar-refractivity contribution < 1.29 is 10.2 Å². The number of aromatic hydroxyl groups is 2. The fourth-order valence-corrected chi connectivity index (χ4v) is 6.64. The monoisotopic (exact) mass is 674 g/mol. The lowest BCUT2D eigenvalue weighted by molar-refractivity contribution is 0.473. The molecular weight excluding hydrogens is 648 g/mol. The predicted octanol–water partition coefficient (Wildman–Crippen LogP) is 11.0. The maximum Gasteiger partial charge on any atom is 0.137 e. The van der Waals surface area contributed by atoms with Crippen LogP contribution in [0.25, 0.3) is 33.4 Å². The average Bonchev–Trinajstić information content (AvgIpc) is 3.04. The van der Waals surface area contributed by atoms with Gasteiger partial charge in [-0.05, 0) is 102 Å². The normalized spacial score (nSPS) is 11.4. The summed E-state index contributed by atoms with van der Waals surface area (Å²) in [7, 11) is 0. The first-order valence-electron chi connectivity index (χ1n) is 13.7. The Bertz CT molecular complexity index is 1770. The average molecular weight is 676 g/mol. The molecule has 0 amide bonds. The molecule has 2 N–H and O–H groups in total. The summed E-state index contributed by atoms with van der Waals surface area (Å²) in [6, 6.07) is 46.9. The van der Waals surface area contributed by atoms with Gasteiger partial charge in [-0.15, -0.1) is 0 Å². The maximum atomic E-state index is 11.2. The molecule has 0 radical (unpaired) electrons. The van der Waals surface area contributed by atoms with Crippen molar-refractivity contribution in [1.29, 1.82) is 0 Å². The van der Waals surface area contributed by atoms with Crippen molar-refractivity contribution in [1.82, 2.24) is 0 Å². The van der Waals surface area contributed by atoms with Gasteiger partial charge in [0, 0.05) is 16.5 Å². The van der Waals surface area contributed by atoms with E-state index in [2.05, 4.69) is 99.4 Å². The van der Waals surface area contributed by atoms with Crippen LogP contribution in [-0.2, 0) is 5.41 Å². The van der Waals surface area contributed by atoms with E-state index in [1.165, 1.54) is 0 Å². The van der Waals surface area contributed by atoms with Gasteiger partial charge in [0.05, 0.1) is 8.95 Å². The van der Waals surface area contributed by atoms with E-state index in [-0.39, 0.29) is 11.5 Å². The molecule has 6 aromatic rings. The van der Waals surface area contributed by atoms with Crippen LogP contribution in [-0.4, -0.2) is 10.2 Å². The van der Waals surface area contributed by atoms with Crippen molar-refractivity contribution >= 4 is 31.9 Å². The van der Waals surface area contributed by atoms with Crippen molar-refractivity contribution in [3.8, 4) is 44.9 Å².